The van der Waals surface area contributed by atoms with Crippen LogP contribution in [-0.2, 0) is 4.79 Å². The third kappa shape index (κ3) is 4.32. The molecule has 23 heavy (non-hydrogen) atoms. The van der Waals surface area contributed by atoms with E-state index in [-0.39, 0.29) is 18.5 Å². The number of hydrogen-bond acceptors (Lipinski definition) is 3. The summed E-state index contributed by atoms with van der Waals surface area (Å²) >= 11 is 1.67. The number of carbonyl (C=O) groups excluding carboxylic acids is 2. The standard InChI is InChI=1S/C17H19N3O2S/c1-11-7-8-23-16(11)12-3-2-4-14(9-12)20-17(22)18-10-15(21)19-13-5-6-13/h2-4,7-9,13H,5-6,10H2,1H3,(H,19,21)(H2,18,20,22). The lowest BCUT2D eigenvalue weighted by Crippen LogP contribution is -2.39. The summed E-state index contributed by atoms with van der Waals surface area (Å²) in [7, 11) is 0. The molecule has 1 aromatic carbocycles. The van der Waals surface area contributed by atoms with Gasteiger partial charge in [0.15, 0.2) is 0 Å². The van der Waals surface area contributed by atoms with E-state index >= 15 is 0 Å². The van der Waals surface area contributed by atoms with Gasteiger partial charge in [0.25, 0.3) is 0 Å². The average Bonchev–Trinajstić information content (AvgIpc) is 3.23. The van der Waals surface area contributed by atoms with Crippen LogP contribution in [-0.4, -0.2) is 24.5 Å². The topological polar surface area (TPSA) is 70.2 Å². The van der Waals surface area contributed by atoms with Crippen LogP contribution in [0.2, 0.25) is 0 Å². The number of thiophene rings is 1. The Bertz CT molecular complexity index is 722. The summed E-state index contributed by atoms with van der Waals surface area (Å²) in [5.41, 5.74) is 2.99. The highest BCUT2D eigenvalue weighted by Crippen LogP contribution is 2.30. The number of nitrogens with one attached hydrogen (secondary N) is 3. The Balaban J connectivity index is 1.56. The van der Waals surface area contributed by atoms with E-state index in [1.165, 1.54) is 10.4 Å². The van der Waals surface area contributed by atoms with Gasteiger partial charge in [-0.2, -0.15) is 0 Å². The normalized spacial score (nSPS) is 13.4. The molecule has 0 aliphatic heterocycles. The predicted molar refractivity (Wildman–Crippen MR) is 92.7 cm³/mol. The van der Waals surface area contributed by atoms with E-state index in [2.05, 4.69) is 34.3 Å². The zero-order valence-corrected chi connectivity index (χ0v) is 13.7. The summed E-state index contributed by atoms with van der Waals surface area (Å²) < 4.78 is 0. The lowest BCUT2D eigenvalue weighted by Gasteiger charge is -2.09. The number of amides is 3. The first-order valence-electron chi connectivity index (χ1n) is 7.60. The minimum Gasteiger partial charge on any atom is -0.352 e. The summed E-state index contributed by atoms with van der Waals surface area (Å²) in [6, 6.07) is 9.69. The number of carbonyl (C=O) groups is 2. The van der Waals surface area contributed by atoms with Crippen molar-refractivity contribution in [3.8, 4) is 10.4 Å². The van der Waals surface area contributed by atoms with Gasteiger partial charge in [0, 0.05) is 16.6 Å². The van der Waals surface area contributed by atoms with Crippen molar-refractivity contribution in [3.05, 3.63) is 41.3 Å². The molecule has 0 radical (unpaired) electrons. The van der Waals surface area contributed by atoms with Crippen molar-refractivity contribution < 1.29 is 9.59 Å². The molecule has 1 aliphatic rings. The van der Waals surface area contributed by atoms with E-state index in [0.29, 0.717) is 11.7 Å². The highest BCUT2D eigenvalue weighted by molar-refractivity contribution is 7.13. The van der Waals surface area contributed by atoms with Gasteiger partial charge < -0.3 is 16.0 Å². The predicted octanol–water partition coefficient (Wildman–Crippen LogP) is 3.12. The van der Waals surface area contributed by atoms with Crippen LogP contribution in [0, 0.1) is 6.92 Å². The van der Waals surface area contributed by atoms with Gasteiger partial charge in [-0.05, 0) is 54.5 Å². The lowest BCUT2D eigenvalue weighted by atomic mass is 10.1. The quantitative estimate of drug-likeness (QED) is 0.789. The molecule has 6 heteroatoms. The van der Waals surface area contributed by atoms with Gasteiger partial charge in [-0.3, -0.25) is 4.79 Å². The van der Waals surface area contributed by atoms with Crippen molar-refractivity contribution >= 4 is 29.0 Å². The molecule has 0 atom stereocenters. The van der Waals surface area contributed by atoms with Crippen LogP contribution in [0.15, 0.2) is 35.7 Å². The average molecular weight is 329 g/mol. The van der Waals surface area contributed by atoms with Crippen molar-refractivity contribution in [1.29, 1.82) is 0 Å². The van der Waals surface area contributed by atoms with Gasteiger partial charge in [-0.15, -0.1) is 11.3 Å². The van der Waals surface area contributed by atoms with Gasteiger partial charge in [-0.1, -0.05) is 12.1 Å². The maximum Gasteiger partial charge on any atom is 0.319 e. The number of hydrogen-bond donors (Lipinski definition) is 3. The number of anilines is 1. The molecule has 120 valence electrons. The number of aryl methyl sites for hydroxylation is 1. The van der Waals surface area contributed by atoms with Gasteiger partial charge in [0.05, 0.1) is 6.54 Å². The van der Waals surface area contributed by atoms with Crippen LogP contribution in [0.25, 0.3) is 10.4 Å². The van der Waals surface area contributed by atoms with Gasteiger partial charge in [0.1, 0.15) is 0 Å². The van der Waals surface area contributed by atoms with E-state index in [4.69, 9.17) is 0 Å². The minimum absolute atomic E-state index is 0.00788. The molecule has 1 fully saturated rings. The number of benzene rings is 1. The molecule has 0 saturated heterocycles. The molecule has 1 saturated carbocycles. The summed E-state index contributed by atoms with van der Waals surface area (Å²) in [5, 5.41) is 10.2. The smallest absolute Gasteiger partial charge is 0.319 e. The van der Waals surface area contributed by atoms with Crippen LogP contribution >= 0.6 is 11.3 Å². The van der Waals surface area contributed by atoms with Crippen LogP contribution in [0.3, 0.4) is 0 Å². The molecule has 0 unspecified atom stereocenters. The van der Waals surface area contributed by atoms with Crippen LogP contribution in [0.1, 0.15) is 18.4 Å². The van der Waals surface area contributed by atoms with Crippen LogP contribution in [0.4, 0.5) is 10.5 Å². The molecule has 0 bridgehead atoms. The molecule has 1 aromatic heterocycles. The molecule has 3 rings (SSSR count). The molecule has 0 spiro atoms. The minimum atomic E-state index is -0.379. The van der Waals surface area contributed by atoms with E-state index in [9.17, 15) is 9.59 Å². The van der Waals surface area contributed by atoms with E-state index in [1.807, 2.05) is 24.3 Å². The number of urea groups is 1. The second-order valence-corrected chi connectivity index (χ2v) is 6.58. The maximum atomic E-state index is 11.9. The Hall–Kier alpha value is -2.34. The molecule has 3 amide bonds. The first-order valence-corrected chi connectivity index (χ1v) is 8.48. The SMILES string of the molecule is Cc1ccsc1-c1cccc(NC(=O)NCC(=O)NC2CC2)c1. The molecule has 1 aliphatic carbocycles. The van der Waals surface area contributed by atoms with E-state index in [0.717, 1.165) is 18.4 Å². The zero-order valence-electron chi connectivity index (χ0n) is 12.9. The van der Waals surface area contributed by atoms with E-state index < -0.39 is 0 Å². The first kappa shape index (κ1) is 15.6. The largest absolute Gasteiger partial charge is 0.352 e. The number of rotatable bonds is 5. The molecular weight excluding hydrogens is 310 g/mol. The van der Waals surface area contributed by atoms with Gasteiger partial charge in [0.2, 0.25) is 5.91 Å². The molecule has 2 aromatic rings. The second-order valence-electron chi connectivity index (χ2n) is 5.66. The first-order chi connectivity index (χ1) is 11.1. The summed E-state index contributed by atoms with van der Waals surface area (Å²) in [6.07, 6.45) is 2.07. The fraction of sp³-hybridized carbons (Fsp3) is 0.294. The Labute approximate surface area is 139 Å². The van der Waals surface area contributed by atoms with Gasteiger partial charge >= 0.3 is 6.03 Å². The second kappa shape index (κ2) is 6.83. The van der Waals surface area contributed by atoms with E-state index in [1.54, 1.807) is 11.3 Å². The van der Waals surface area contributed by atoms with Crippen LogP contribution in [0.5, 0.6) is 0 Å². The lowest BCUT2D eigenvalue weighted by molar-refractivity contribution is -0.120. The fourth-order valence-corrected chi connectivity index (χ4v) is 3.17. The fourth-order valence-electron chi connectivity index (χ4n) is 2.25. The zero-order chi connectivity index (χ0) is 16.2. The Kier molecular flexibility index (Phi) is 4.62. The molecular formula is C17H19N3O2S. The highest BCUT2D eigenvalue weighted by atomic mass is 32.1. The van der Waals surface area contributed by atoms with Crippen molar-refractivity contribution in [2.24, 2.45) is 0 Å². The van der Waals surface area contributed by atoms with Crippen LogP contribution < -0.4 is 16.0 Å². The Morgan fingerprint density at radius 3 is 2.78 bits per heavy atom. The third-order valence-electron chi connectivity index (χ3n) is 3.60. The Morgan fingerprint density at radius 2 is 2.09 bits per heavy atom. The monoisotopic (exact) mass is 329 g/mol. The van der Waals surface area contributed by atoms with Crippen molar-refractivity contribution in [1.82, 2.24) is 10.6 Å². The molecule has 1 heterocycles. The molecule has 3 N–H and O–H groups in total. The third-order valence-corrected chi connectivity index (χ3v) is 4.66. The summed E-state index contributed by atoms with van der Waals surface area (Å²) in [5.74, 6) is -0.148. The summed E-state index contributed by atoms with van der Waals surface area (Å²) in [4.78, 5) is 24.6. The van der Waals surface area contributed by atoms with Gasteiger partial charge in [-0.25, -0.2) is 4.79 Å². The maximum absolute atomic E-state index is 11.9. The van der Waals surface area contributed by atoms with Crippen molar-refractivity contribution in [3.63, 3.8) is 0 Å². The summed E-state index contributed by atoms with van der Waals surface area (Å²) in [6.45, 7) is 2.06. The van der Waals surface area contributed by atoms with Crippen molar-refractivity contribution in [2.75, 3.05) is 11.9 Å². The Morgan fingerprint density at radius 1 is 1.26 bits per heavy atom. The van der Waals surface area contributed by atoms with Crippen molar-refractivity contribution in [2.45, 2.75) is 25.8 Å². The molecule has 5 nitrogen and oxygen atoms in total. The highest BCUT2D eigenvalue weighted by Gasteiger charge is 2.23.